The SMILES string of the molecule is CCn1nc(C)c(Br)c1CC(O)c1ccc(N)cc1. The number of anilines is 1. The smallest absolute Gasteiger partial charge is 0.0845 e. The highest BCUT2D eigenvalue weighted by atomic mass is 79.9. The molecule has 5 heteroatoms. The number of aryl methyl sites for hydroxylation is 2. The molecule has 0 aliphatic rings. The summed E-state index contributed by atoms with van der Waals surface area (Å²) >= 11 is 3.54. The predicted molar refractivity (Wildman–Crippen MR) is 79.9 cm³/mol. The number of nitrogens with zero attached hydrogens (tertiary/aromatic N) is 2. The summed E-state index contributed by atoms with van der Waals surface area (Å²) in [5, 5.41) is 14.7. The molecule has 0 bridgehead atoms. The first-order chi connectivity index (χ1) is 9.02. The lowest BCUT2D eigenvalue weighted by molar-refractivity contribution is 0.175. The maximum absolute atomic E-state index is 10.3. The Balaban J connectivity index is 2.23. The van der Waals surface area contributed by atoms with Crippen LogP contribution in [0.4, 0.5) is 5.69 Å². The average Bonchev–Trinajstić information content (AvgIpc) is 2.67. The van der Waals surface area contributed by atoms with E-state index in [1.807, 2.05) is 30.7 Å². The zero-order valence-corrected chi connectivity index (χ0v) is 12.7. The van der Waals surface area contributed by atoms with Crippen LogP contribution in [0.3, 0.4) is 0 Å². The van der Waals surface area contributed by atoms with Gasteiger partial charge in [-0.25, -0.2) is 0 Å². The van der Waals surface area contributed by atoms with Gasteiger partial charge in [-0.15, -0.1) is 0 Å². The Kier molecular flexibility index (Phi) is 4.27. The number of rotatable bonds is 4. The fourth-order valence-electron chi connectivity index (χ4n) is 2.08. The van der Waals surface area contributed by atoms with Crippen molar-refractivity contribution >= 4 is 21.6 Å². The second kappa shape index (κ2) is 5.75. The molecule has 1 aromatic carbocycles. The molecule has 0 saturated carbocycles. The van der Waals surface area contributed by atoms with Crippen LogP contribution >= 0.6 is 15.9 Å². The number of hydrogen-bond acceptors (Lipinski definition) is 3. The van der Waals surface area contributed by atoms with Gasteiger partial charge in [0, 0.05) is 18.7 Å². The molecule has 0 aliphatic carbocycles. The van der Waals surface area contributed by atoms with Gasteiger partial charge < -0.3 is 10.8 Å². The van der Waals surface area contributed by atoms with Gasteiger partial charge in [-0.3, -0.25) is 4.68 Å². The van der Waals surface area contributed by atoms with Crippen LogP contribution in [0, 0.1) is 6.92 Å². The van der Waals surface area contributed by atoms with Crippen molar-refractivity contribution in [2.24, 2.45) is 0 Å². The molecule has 0 radical (unpaired) electrons. The highest BCUT2D eigenvalue weighted by Crippen LogP contribution is 2.26. The van der Waals surface area contributed by atoms with Gasteiger partial charge in [-0.2, -0.15) is 5.10 Å². The maximum Gasteiger partial charge on any atom is 0.0845 e. The zero-order valence-electron chi connectivity index (χ0n) is 11.1. The zero-order chi connectivity index (χ0) is 14.0. The first-order valence-corrected chi connectivity index (χ1v) is 7.07. The summed E-state index contributed by atoms with van der Waals surface area (Å²) < 4.78 is 2.89. The Morgan fingerprint density at radius 2 is 2.00 bits per heavy atom. The van der Waals surface area contributed by atoms with Crippen LogP contribution in [0.2, 0.25) is 0 Å². The Labute approximate surface area is 121 Å². The Hall–Kier alpha value is -1.33. The summed E-state index contributed by atoms with van der Waals surface area (Å²) in [6.07, 6.45) is -0.0302. The molecule has 3 N–H and O–H groups in total. The Morgan fingerprint density at radius 1 is 1.37 bits per heavy atom. The molecule has 1 heterocycles. The molecule has 0 aliphatic heterocycles. The van der Waals surface area contributed by atoms with Gasteiger partial charge >= 0.3 is 0 Å². The lowest BCUT2D eigenvalue weighted by atomic mass is 10.0. The standard InChI is InChI=1S/C14H18BrN3O/c1-3-18-12(14(15)9(2)17-18)8-13(19)10-4-6-11(16)7-5-10/h4-7,13,19H,3,8,16H2,1-2H3. The van der Waals surface area contributed by atoms with Crippen LogP contribution in [0.15, 0.2) is 28.7 Å². The highest BCUT2D eigenvalue weighted by Gasteiger charge is 2.17. The summed E-state index contributed by atoms with van der Waals surface area (Å²) in [4.78, 5) is 0. The van der Waals surface area contributed by atoms with Crippen LogP contribution in [0.1, 0.15) is 30.0 Å². The molecule has 19 heavy (non-hydrogen) atoms. The minimum absolute atomic E-state index is 0.527. The van der Waals surface area contributed by atoms with Gasteiger partial charge in [-0.05, 0) is 47.5 Å². The van der Waals surface area contributed by atoms with E-state index in [0.29, 0.717) is 12.1 Å². The van der Waals surface area contributed by atoms with Crippen LogP contribution in [0.25, 0.3) is 0 Å². The molecule has 1 unspecified atom stereocenters. The summed E-state index contributed by atoms with van der Waals surface area (Å²) in [5.41, 5.74) is 9.18. The van der Waals surface area contributed by atoms with Gasteiger partial charge in [-0.1, -0.05) is 12.1 Å². The Morgan fingerprint density at radius 3 is 2.58 bits per heavy atom. The number of benzene rings is 1. The second-order valence-corrected chi connectivity index (χ2v) is 5.34. The normalized spacial score (nSPS) is 12.6. The van der Waals surface area contributed by atoms with Crippen molar-refractivity contribution in [1.82, 2.24) is 9.78 Å². The third-order valence-corrected chi connectivity index (χ3v) is 4.19. The number of nitrogens with two attached hydrogens (primary N) is 1. The van der Waals surface area contributed by atoms with Crippen molar-refractivity contribution in [3.8, 4) is 0 Å². The third kappa shape index (κ3) is 2.98. The van der Waals surface area contributed by atoms with Gasteiger partial charge in [0.25, 0.3) is 0 Å². The largest absolute Gasteiger partial charge is 0.399 e. The molecule has 1 aromatic heterocycles. The molecule has 2 aromatic rings. The molecule has 1 atom stereocenters. The fraction of sp³-hybridized carbons (Fsp3) is 0.357. The molecule has 102 valence electrons. The number of hydrogen-bond donors (Lipinski definition) is 2. The molecule has 0 fully saturated rings. The van der Waals surface area contributed by atoms with Crippen molar-refractivity contribution in [3.63, 3.8) is 0 Å². The van der Waals surface area contributed by atoms with E-state index >= 15 is 0 Å². The molecule has 0 saturated heterocycles. The second-order valence-electron chi connectivity index (χ2n) is 4.55. The van der Waals surface area contributed by atoms with E-state index < -0.39 is 6.10 Å². The lowest BCUT2D eigenvalue weighted by Gasteiger charge is -2.13. The van der Waals surface area contributed by atoms with Gasteiger partial charge in [0.15, 0.2) is 0 Å². The summed E-state index contributed by atoms with van der Waals surface area (Å²) in [5.74, 6) is 0. The van der Waals surface area contributed by atoms with Crippen molar-refractivity contribution in [3.05, 3.63) is 45.7 Å². The number of aliphatic hydroxyl groups is 1. The van der Waals surface area contributed by atoms with E-state index in [1.165, 1.54) is 0 Å². The summed E-state index contributed by atoms with van der Waals surface area (Å²) in [6, 6.07) is 7.31. The topological polar surface area (TPSA) is 64.1 Å². The maximum atomic E-state index is 10.3. The molecule has 0 amide bonds. The van der Waals surface area contributed by atoms with Crippen LogP contribution in [0.5, 0.6) is 0 Å². The van der Waals surface area contributed by atoms with Crippen molar-refractivity contribution in [2.75, 3.05) is 5.73 Å². The molecular weight excluding hydrogens is 306 g/mol. The van der Waals surface area contributed by atoms with Crippen LogP contribution < -0.4 is 5.73 Å². The van der Waals surface area contributed by atoms with Crippen molar-refractivity contribution in [1.29, 1.82) is 0 Å². The quantitative estimate of drug-likeness (QED) is 0.850. The van der Waals surface area contributed by atoms with E-state index in [0.717, 1.165) is 28.0 Å². The number of aliphatic hydroxyl groups excluding tert-OH is 1. The minimum Gasteiger partial charge on any atom is -0.399 e. The Bertz CT molecular complexity index is 563. The fourth-order valence-corrected chi connectivity index (χ4v) is 2.53. The van der Waals surface area contributed by atoms with Crippen LogP contribution in [-0.4, -0.2) is 14.9 Å². The third-order valence-electron chi connectivity index (χ3n) is 3.16. The average molecular weight is 324 g/mol. The van der Waals surface area contributed by atoms with Crippen molar-refractivity contribution < 1.29 is 5.11 Å². The molecule has 0 spiro atoms. The molecular formula is C14H18BrN3O. The van der Waals surface area contributed by atoms with E-state index in [2.05, 4.69) is 21.0 Å². The molecule has 2 rings (SSSR count). The van der Waals surface area contributed by atoms with E-state index in [-0.39, 0.29) is 0 Å². The first-order valence-electron chi connectivity index (χ1n) is 6.28. The lowest BCUT2D eigenvalue weighted by Crippen LogP contribution is -2.09. The van der Waals surface area contributed by atoms with Crippen LogP contribution in [-0.2, 0) is 13.0 Å². The molecule has 4 nitrogen and oxygen atoms in total. The van der Waals surface area contributed by atoms with Gasteiger partial charge in [0.05, 0.1) is 22.0 Å². The van der Waals surface area contributed by atoms with E-state index in [9.17, 15) is 5.11 Å². The number of halogens is 1. The summed E-state index contributed by atoms with van der Waals surface area (Å²) in [6.45, 7) is 4.78. The number of aromatic nitrogens is 2. The number of nitrogen functional groups attached to an aromatic ring is 1. The van der Waals surface area contributed by atoms with Crippen molar-refractivity contribution in [2.45, 2.75) is 32.9 Å². The van der Waals surface area contributed by atoms with E-state index in [1.54, 1.807) is 12.1 Å². The summed E-state index contributed by atoms with van der Waals surface area (Å²) in [7, 11) is 0. The van der Waals surface area contributed by atoms with E-state index in [4.69, 9.17) is 5.73 Å². The van der Waals surface area contributed by atoms with Gasteiger partial charge in [0.2, 0.25) is 0 Å². The minimum atomic E-state index is -0.557. The monoisotopic (exact) mass is 323 g/mol. The first kappa shape index (κ1) is 14.1. The van der Waals surface area contributed by atoms with Gasteiger partial charge in [0.1, 0.15) is 0 Å². The highest BCUT2D eigenvalue weighted by molar-refractivity contribution is 9.10. The predicted octanol–water partition coefficient (Wildman–Crippen LogP) is 2.83.